The van der Waals surface area contributed by atoms with Crippen molar-refractivity contribution in [3.8, 4) is 0 Å². The van der Waals surface area contributed by atoms with Crippen LogP contribution in [0.5, 0.6) is 0 Å². The van der Waals surface area contributed by atoms with E-state index in [2.05, 4.69) is 20.6 Å². The average Bonchev–Trinajstić information content (AvgIpc) is 3.21. The summed E-state index contributed by atoms with van der Waals surface area (Å²) in [5, 5.41) is 16.9. The Bertz CT molecular complexity index is 1490. The Morgan fingerprint density at radius 2 is 1.85 bits per heavy atom. The predicted octanol–water partition coefficient (Wildman–Crippen LogP) is 2.68. The van der Waals surface area contributed by atoms with Gasteiger partial charge in [-0.1, -0.05) is 25.3 Å². The number of aliphatic hydroxyl groups excluding tert-OH is 1. The quantitative estimate of drug-likeness (QED) is 0.406. The Labute approximate surface area is 233 Å². The van der Waals surface area contributed by atoms with Gasteiger partial charge in [0.25, 0.3) is 21.8 Å². The van der Waals surface area contributed by atoms with Gasteiger partial charge < -0.3 is 20.2 Å². The maximum absolute atomic E-state index is 14.6. The molecule has 40 heavy (non-hydrogen) atoms. The lowest BCUT2D eigenvalue weighted by molar-refractivity contribution is -0.138. The normalized spacial score (nSPS) is 23.3. The maximum atomic E-state index is 14.6. The number of furan rings is 1. The summed E-state index contributed by atoms with van der Waals surface area (Å²) in [6, 6.07) is 6.85. The van der Waals surface area contributed by atoms with Crippen LogP contribution in [-0.4, -0.2) is 69.9 Å². The maximum Gasteiger partial charge on any atom is 0.288 e. The van der Waals surface area contributed by atoms with Crippen LogP contribution in [0.4, 0.5) is 0 Å². The number of aliphatic hydroxyl groups is 1. The second-order valence-electron chi connectivity index (χ2n) is 10.8. The third-order valence-electron chi connectivity index (χ3n) is 8.03. The summed E-state index contributed by atoms with van der Waals surface area (Å²) in [5.74, 6) is -1.35. The van der Waals surface area contributed by atoms with Gasteiger partial charge in [0.05, 0.1) is 12.1 Å². The number of sulfonamides is 1. The molecule has 1 unspecified atom stereocenters. The smallest absolute Gasteiger partial charge is 0.288 e. The zero-order chi connectivity index (χ0) is 28.5. The van der Waals surface area contributed by atoms with Crippen LogP contribution in [0.15, 0.2) is 52.2 Å². The molecule has 2 aliphatic rings. The van der Waals surface area contributed by atoms with Crippen LogP contribution < -0.4 is 10.6 Å². The highest BCUT2D eigenvalue weighted by Crippen LogP contribution is 2.35. The molecule has 4 heterocycles. The van der Waals surface area contributed by atoms with Crippen molar-refractivity contribution in [1.29, 1.82) is 0 Å². The van der Waals surface area contributed by atoms with E-state index in [1.54, 1.807) is 31.3 Å². The van der Waals surface area contributed by atoms with Gasteiger partial charge in [0.1, 0.15) is 11.1 Å². The SMILES string of the molecule is Cc1c(C(=O)NC2(C(=O)N([C@H]3CC[C@@H](C)NCC3O)S(=O)(=O)c3ccccn3)CCCCC2)oc2cccnc12. The van der Waals surface area contributed by atoms with Crippen molar-refractivity contribution in [3.05, 3.63) is 54.0 Å². The standard InChI is InChI=1S/C28H35N5O6S/c1-18-11-12-20(21(34)17-31-18)33(40(37,38)23-10-4-7-15-29-23)27(36)28(13-5-3-6-14-28)32-26(35)25-19(2)24-22(39-25)9-8-16-30-24/h4,7-10,15-16,18,20-21,31,34H,3,5-6,11-14,17H2,1-2H3,(H,32,35)/t18-,20+,21?/m1/s1. The van der Waals surface area contributed by atoms with Crippen molar-refractivity contribution < 1.29 is 27.5 Å². The van der Waals surface area contributed by atoms with Crippen molar-refractivity contribution in [3.63, 3.8) is 0 Å². The third-order valence-corrected chi connectivity index (χ3v) is 9.76. The molecular formula is C28H35N5O6S. The molecule has 12 heteroatoms. The molecule has 2 fully saturated rings. The van der Waals surface area contributed by atoms with Gasteiger partial charge in [-0.2, -0.15) is 8.42 Å². The summed E-state index contributed by atoms with van der Waals surface area (Å²) in [6.45, 7) is 3.79. The highest BCUT2D eigenvalue weighted by atomic mass is 32.2. The number of fused-ring (bicyclic) bond motifs is 1. The Balaban J connectivity index is 1.57. The zero-order valence-corrected chi connectivity index (χ0v) is 23.5. The third kappa shape index (κ3) is 5.23. The van der Waals surface area contributed by atoms with E-state index < -0.39 is 39.5 Å². The van der Waals surface area contributed by atoms with Crippen LogP contribution >= 0.6 is 0 Å². The second-order valence-corrected chi connectivity index (χ2v) is 12.6. The van der Waals surface area contributed by atoms with Crippen molar-refractivity contribution in [2.75, 3.05) is 6.54 Å². The van der Waals surface area contributed by atoms with Gasteiger partial charge in [-0.15, -0.1) is 0 Å². The number of aromatic nitrogens is 2. The molecule has 0 spiro atoms. The highest BCUT2D eigenvalue weighted by Gasteiger charge is 2.51. The molecule has 3 atom stereocenters. The van der Waals surface area contributed by atoms with E-state index in [-0.39, 0.29) is 42.6 Å². The Morgan fingerprint density at radius 3 is 2.55 bits per heavy atom. The molecule has 2 amide bonds. The Hall–Kier alpha value is -3.35. The van der Waals surface area contributed by atoms with E-state index in [0.717, 1.165) is 10.7 Å². The molecule has 0 radical (unpaired) electrons. The number of hydrogen-bond acceptors (Lipinski definition) is 9. The largest absolute Gasteiger partial charge is 0.449 e. The van der Waals surface area contributed by atoms with Gasteiger partial charge in [0.15, 0.2) is 16.4 Å². The number of carbonyl (C=O) groups excluding carboxylic acids is 2. The van der Waals surface area contributed by atoms with E-state index in [1.165, 1.54) is 18.3 Å². The lowest BCUT2D eigenvalue weighted by Gasteiger charge is -2.42. The van der Waals surface area contributed by atoms with Crippen LogP contribution in [0.2, 0.25) is 0 Å². The number of aryl methyl sites for hydroxylation is 1. The molecule has 1 saturated carbocycles. The van der Waals surface area contributed by atoms with Gasteiger partial charge in [0, 0.05) is 30.5 Å². The van der Waals surface area contributed by atoms with Gasteiger partial charge in [-0.3, -0.25) is 14.6 Å². The molecule has 0 aromatic carbocycles. The summed E-state index contributed by atoms with van der Waals surface area (Å²) in [6.07, 6.45) is 5.20. The van der Waals surface area contributed by atoms with E-state index in [4.69, 9.17) is 4.42 Å². The van der Waals surface area contributed by atoms with Crippen molar-refractivity contribution >= 4 is 32.9 Å². The summed E-state index contributed by atoms with van der Waals surface area (Å²) >= 11 is 0. The minimum atomic E-state index is -4.48. The fourth-order valence-electron chi connectivity index (χ4n) is 5.78. The van der Waals surface area contributed by atoms with Crippen molar-refractivity contribution in [2.24, 2.45) is 0 Å². The molecule has 3 aromatic heterocycles. The van der Waals surface area contributed by atoms with E-state index in [1.807, 2.05) is 6.92 Å². The minimum Gasteiger partial charge on any atom is -0.449 e. The molecule has 1 aliphatic heterocycles. The summed E-state index contributed by atoms with van der Waals surface area (Å²) in [4.78, 5) is 36.6. The molecule has 1 saturated heterocycles. The van der Waals surface area contributed by atoms with E-state index >= 15 is 0 Å². The minimum absolute atomic E-state index is 0.0260. The van der Waals surface area contributed by atoms with E-state index in [0.29, 0.717) is 35.9 Å². The number of hydrogen-bond donors (Lipinski definition) is 3. The fraction of sp³-hybridized carbons (Fsp3) is 0.500. The van der Waals surface area contributed by atoms with Gasteiger partial charge in [-0.05, 0) is 63.8 Å². The molecular weight excluding hydrogens is 534 g/mol. The number of pyridine rings is 2. The Kier molecular flexibility index (Phi) is 7.94. The second kappa shape index (κ2) is 11.3. The molecule has 0 bridgehead atoms. The fourth-order valence-corrected chi connectivity index (χ4v) is 7.42. The monoisotopic (exact) mass is 569 g/mol. The van der Waals surface area contributed by atoms with Crippen LogP contribution in [0.3, 0.4) is 0 Å². The Morgan fingerprint density at radius 1 is 1.10 bits per heavy atom. The lowest BCUT2D eigenvalue weighted by Crippen LogP contribution is -2.64. The molecule has 11 nitrogen and oxygen atoms in total. The molecule has 214 valence electrons. The van der Waals surface area contributed by atoms with Gasteiger partial charge in [0.2, 0.25) is 0 Å². The number of nitrogens with one attached hydrogen (secondary N) is 2. The van der Waals surface area contributed by atoms with Crippen LogP contribution in [-0.2, 0) is 14.8 Å². The van der Waals surface area contributed by atoms with Crippen LogP contribution in [0.1, 0.15) is 68.0 Å². The number of rotatable bonds is 6. The molecule has 1 aliphatic carbocycles. The zero-order valence-electron chi connectivity index (χ0n) is 22.7. The summed E-state index contributed by atoms with van der Waals surface area (Å²) in [7, 11) is -4.48. The van der Waals surface area contributed by atoms with Gasteiger partial charge >= 0.3 is 0 Å². The summed E-state index contributed by atoms with van der Waals surface area (Å²) in [5.41, 5.74) is 0.000785. The molecule has 5 rings (SSSR count). The first-order chi connectivity index (χ1) is 19.1. The van der Waals surface area contributed by atoms with Crippen LogP contribution in [0.25, 0.3) is 11.1 Å². The highest BCUT2D eigenvalue weighted by molar-refractivity contribution is 7.89. The van der Waals surface area contributed by atoms with Gasteiger partial charge in [-0.25, -0.2) is 9.29 Å². The van der Waals surface area contributed by atoms with E-state index in [9.17, 15) is 23.1 Å². The number of carbonyl (C=O) groups is 2. The summed E-state index contributed by atoms with van der Waals surface area (Å²) < 4.78 is 34.8. The number of nitrogens with zero attached hydrogens (tertiary/aromatic N) is 3. The molecule has 3 N–H and O–H groups in total. The molecule has 3 aromatic rings. The lowest BCUT2D eigenvalue weighted by atomic mass is 9.80. The topological polar surface area (TPSA) is 155 Å². The number of β-amino-alcohol motifs (C(OH)–C–C–N with tert-alkyl or cyclic N) is 1. The van der Waals surface area contributed by atoms with Crippen molar-refractivity contribution in [2.45, 2.75) is 87.5 Å². The first kappa shape index (κ1) is 28.2. The average molecular weight is 570 g/mol. The van der Waals surface area contributed by atoms with Crippen molar-refractivity contribution in [1.82, 2.24) is 24.9 Å². The first-order valence-electron chi connectivity index (χ1n) is 13.7. The number of amides is 2. The predicted molar refractivity (Wildman–Crippen MR) is 147 cm³/mol. The first-order valence-corrected chi connectivity index (χ1v) is 15.2. The van der Waals surface area contributed by atoms with Crippen LogP contribution in [0, 0.1) is 6.92 Å².